The SMILES string of the molecule is COC1(c2ccccc2)CCN(c2nccc3ncccc23)CC1. The predicted molar refractivity (Wildman–Crippen MR) is 96.1 cm³/mol. The molecule has 24 heavy (non-hydrogen) atoms. The van der Waals surface area contributed by atoms with E-state index in [1.807, 2.05) is 31.6 Å². The van der Waals surface area contributed by atoms with E-state index >= 15 is 0 Å². The Morgan fingerprint density at radius 2 is 1.71 bits per heavy atom. The van der Waals surface area contributed by atoms with E-state index in [0.717, 1.165) is 42.7 Å². The number of nitrogens with zero attached hydrogens (tertiary/aromatic N) is 3. The Labute approximate surface area is 142 Å². The van der Waals surface area contributed by atoms with E-state index in [0.29, 0.717) is 0 Å². The van der Waals surface area contributed by atoms with Gasteiger partial charge in [0.2, 0.25) is 0 Å². The quantitative estimate of drug-likeness (QED) is 0.736. The summed E-state index contributed by atoms with van der Waals surface area (Å²) in [6.45, 7) is 1.84. The second kappa shape index (κ2) is 6.21. The van der Waals surface area contributed by atoms with Crippen molar-refractivity contribution in [3.63, 3.8) is 0 Å². The summed E-state index contributed by atoms with van der Waals surface area (Å²) in [4.78, 5) is 11.4. The number of piperidine rings is 1. The molecule has 3 aromatic rings. The van der Waals surface area contributed by atoms with Gasteiger partial charge in [-0.2, -0.15) is 0 Å². The maximum atomic E-state index is 5.98. The highest BCUT2D eigenvalue weighted by atomic mass is 16.5. The maximum Gasteiger partial charge on any atom is 0.137 e. The van der Waals surface area contributed by atoms with Crippen LogP contribution in [0.25, 0.3) is 10.9 Å². The fourth-order valence-electron chi connectivity index (χ4n) is 3.67. The molecule has 4 rings (SSSR count). The van der Waals surface area contributed by atoms with Crippen molar-refractivity contribution in [2.24, 2.45) is 0 Å². The Morgan fingerprint density at radius 1 is 0.917 bits per heavy atom. The first-order valence-electron chi connectivity index (χ1n) is 8.38. The fourth-order valence-corrected chi connectivity index (χ4v) is 3.67. The number of ether oxygens (including phenoxy) is 1. The number of rotatable bonds is 3. The molecule has 1 saturated heterocycles. The highest BCUT2D eigenvalue weighted by Crippen LogP contribution is 2.38. The first kappa shape index (κ1) is 15.1. The van der Waals surface area contributed by atoms with Crippen LogP contribution in [0.15, 0.2) is 60.9 Å². The number of benzene rings is 1. The Morgan fingerprint density at radius 3 is 2.46 bits per heavy atom. The maximum absolute atomic E-state index is 5.98. The first-order chi connectivity index (χ1) is 11.8. The van der Waals surface area contributed by atoms with Gasteiger partial charge in [0, 0.05) is 38.0 Å². The van der Waals surface area contributed by atoms with Crippen LogP contribution in [0.4, 0.5) is 5.82 Å². The monoisotopic (exact) mass is 319 g/mol. The Bertz CT molecular complexity index is 821. The third kappa shape index (κ3) is 2.53. The summed E-state index contributed by atoms with van der Waals surface area (Å²) in [5.41, 5.74) is 2.06. The zero-order valence-electron chi connectivity index (χ0n) is 13.9. The highest BCUT2D eigenvalue weighted by Gasteiger charge is 2.36. The van der Waals surface area contributed by atoms with Crippen LogP contribution in [-0.2, 0) is 10.3 Å². The minimum absolute atomic E-state index is 0.194. The van der Waals surface area contributed by atoms with Crippen molar-refractivity contribution in [2.45, 2.75) is 18.4 Å². The number of fused-ring (bicyclic) bond motifs is 1. The van der Waals surface area contributed by atoms with Crippen molar-refractivity contribution in [2.75, 3.05) is 25.1 Å². The van der Waals surface area contributed by atoms with Crippen LogP contribution < -0.4 is 4.90 Å². The van der Waals surface area contributed by atoms with Gasteiger partial charge in [0.05, 0.1) is 11.1 Å². The van der Waals surface area contributed by atoms with Crippen LogP contribution in [0.1, 0.15) is 18.4 Å². The molecule has 1 aliphatic heterocycles. The van der Waals surface area contributed by atoms with Gasteiger partial charge in [-0.25, -0.2) is 4.98 Å². The molecule has 0 unspecified atom stereocenters. The van der Waals surface area contributed by atoms with Gasteiger partial charge in [-0.1, -0.05) is 30.3 Å². The summed E-state index contributed by atoms with van der Waals surface area (Å²) in [5, 5.41) is 1.12. The minimum atomic E-state index is -0.194. The molecule has 2 aromatic heterocycles. The van der Waals surface area contributed by atoms with Gasteiger partial charge in [0.25, 0.3) is 0 Å². The summed E-state index contributed by atoms with van der Waals surface area (Å²) in [7, 11) is 1.82. The average Bonchev–Trinajstić information content (AvgIpc) is 2.68. The molecule has 122 valence electrons. The third-order valence-corrected chi connectivity index (χ3v) is 5.07. The van der Waals surface area contributed by atoms with Crippen molar-refractivity contribution >= 4 is 16.7 Å². The van der Waals surface area contributed by atoms with E-state index in [2.05, 4.69) is 51.3 Å². The predicted octanol–water partition coefficient (Wildman–Crippen LogP) is 3.77. The first-order valence-corrected chi connectivity index (χ1v) is 8.38. The number of hydrogen-bond acceptors (Lipinski definition) is 4. The lowest BCUT2D eigenvalue weighted by Crippen LogP contribution is -2.44. The molecule has 3 heterocycles. The number of aromatic nitrogens is 2. The molecule has 0 bridgehead atoms. The largest absolute Gasteiger partial charge is 0.373 e. The zero-order valence-corrected chi connectivity index (χ0v) is 13.9. The van der Waals surface area contributed by atoms with E-state index in [-0.39, 0.29) is 5.60 Å². The standard InChI is InChI=1S/C20H21N3O/c1-24-20(16-6-3-2-4-7-16)10-14-23(15-11-20)19-17-8-5-12-21-18(17)9-13-22-19/h2-9,12-13H,10-11,14-15H2,1H3. The molecule has 0 amide bonds. The molecule has 0 spiro atoms. The van der Waals surface area contributed by atoms with Crippen LogP contribution in [0.2, 0.25) is 0 Å². The molecule has 0 N–H and O–H groups in total. The molecule has 4 heteroatoms. The molecular weight excluding hydrogens is 298 g/mol. The van der Waals surface area contributed by atoms with Crippen LogP contribution in [-0.4, -0.2) is 30.2 Å². The lowest BCUT2D eigenvalue weighted by atomic mass is 9.84. The van der Waals surface area contributed by atoms with E-state index in [1.165, 1.54) is 5.56 Å². The van der Waals surface area contributed by atoms with E-state index in [9.17, 15) is 0 Å². The molecule has 4 nitrogen and oxygen atoms in total. The minimum Gasteiger partial charge on any atom is -0.373 e. The van der Waals surface area contributed by atoms with Crippen molar-refractivity contribution in [1.29, 1.82) is 0 Å². The lowest BCUT2D eigenvalue weighted by Gasteiger charge is -2.41. The van der Waals surface area contributed by atoms with Gasteiger partial charge in [-0.3, -0.25) is 4.98 Å². The summed E-state index contributed by atoms with van der Waals surface area (Å²) >= 11 is 0. The average molecular weight is 319 g/mol. The van der Waals surface area contributed by atoms with Crippen molar-refractivity contribution in [1.82, 2.24) is 9.97 Å². The molecule has 0 saturated carbocycles. The van der Waals surface area contributed by atoms with Crippen LogP contribution in [0, 0.1) is 0 Å². The van der Waals surface area contributed by atoms with Gasteiger partial charge in [-0.15, -0.1) is 0 Å². The molecular formula is C20H21N3O. The third-order valence-electron chi connectivity index (χ3n) is 5.07. The summed E-state index contributed by atoms with van der Waals surface area (Å²) in [6.07, 6.45) is 5.57. The number of pyridine rings is 2. The molecule has 0 atom stereocenters. The van der Waals surface area contributed by atoms with Crippen LogP contribution in [0.3, 0.4) is 0 Å². The summed E-state index contributed by atoms with van der Waals surface area (Å²) in [6, 6.07) is 16.6. The summed E-state index contributed by atoms with van der Waals surface area (Å²) in [5.74, 6) is 1.03. The van der Waals surface area contributed by atoms with E-state index in [1.54, 1.807) is 0 Å². The van der Waals surface area contributed by atoms with Gasteiger partial charge in [0.15, 0.2) is 0 Å². The smallest absolute Gasteiger partial charge is 0.137 e. The molecule has 0 aliphatic carbocycles. The van der Waals surface area contributed by atoms with E-state index < -0.39 is 0 Å². The number of hydrogen-bond donors (Lipinski definition) is 0. The van der Waals surface area contributed by atoms with Crippen molar-refractivity contribution in [3.05, 3.63) is 66.5 Å². The topological polar surface area (TPSA) is 38.2 Å². The van der Waals surface area contributed by atoms with Gasteiger partial charge < -0.3 is 9.64 Å². The second-order valence-electron chi connectivity index (χ2n) is 6.26. The zero-order chi connectivity index (χ0) is 16.4. The lowest BCUT2D eigenvalue weighted by molar-refractivity contribution is -0.0346. The molecule has 1 aromatic carbocycles. The molecule has 1 fully saturated rings. The Balaban J connectivity index is 1.62. The second-order valence-corrected chi connectivity index (χ2v) is 6.26. The van der Waals surface area contributed by atoms with Crippen molar-refractivity contribution < 1.29 is 4.74 Å². The Kier molecular flexibility index (Phi) is 3.90. The van der Waals surface area contributed by atoms with Crippen molar-refractivity contribution in [3.8, 4) is 0 Å². The van der Waals surface area contributed by atoms with E-state index in [4.69, 9.17) is 4.74 Å². The van der Waals surface area contributed by atoms with Crippen LogP contribution in [0.5, 0.6) is 0 Å². The summed E-state index contributed by atoms with van der Waals surface area (Å²) < 4.78 is 5.98. The number of anilines is 1. The fraction of sp³-hybridized carbons (Fsp3) is 0.300. The molecule has 1 aliphatic rings. The van der Waals surface area contributed by atoms with Gasteiger partial charge >= 0.3 is 0 Å². The Hall–Kier alpha value is -2.46. The highest BCUT2D eigenvalue weighted by molar-refractivity contribution is 5.89. The number of methoxy groups -OCH3 is 1. The van der Waals surface area contributed by atoms with Gasteiger partial charge in [0.1, 0.15) is 5.82 Å². The van der Waals surface area contributed by atoms with Crippen LogP contribution >= 0.6 is 0 Å². The van der Waals surface area contributed by atoms with Gasteiger partial charge in [-0.05, 0) is 36.6 Å². The normalized spacial score (nSPS) is 17.1. The molecule has 0 radical (unpaired) electrons.